The second-order valence-electron chi connectivity index (χ2n) is 1.54. The van der Waals surface area contributed by atoms with Crippen molar-refractivity contribution < 1.29 is 0 Å². The normalized spacial score (nSPS) is 13.7. The van der Waals surface area contributed by atoms with Crippen LogP contribution in [0.2, 0.25) is 0 Å². The van der Waals surface area contributed by atoms with Gasteiger partial charge in [0.05, 0.1) is 10.4 Å². The molecule has 0 heterocycles. The zero-order valence-electron chi connectivity index (χ0n) is 5.24. The predicted molar refractivity (Wildman–Crippen MR) is 49.0 cm³/mol. The molecule has 0 aromatic heterocycles. The van der Waals surface area contributed by atoms with E-state index >= 15 is 0 Å². The van der Waals surface area contributed by atoms with Crippen molar-refractivity contribution in [1.29, 1.82) is 0 Å². The van der Waals surface area contributed by atoms with E-state index in [0.29, 0.717) is 0 Å². The lowest BCUT2D eigenvalue weighted by molar-refractivity contribution is 1.35. The Morgan fingerprint density at radius 1 is 1.30 bits per heavy atom. The summed E-state index contributed by atoms with van der Waals surface area (Å²) in [4.78, 5) is 0. The first kappa shape index (κ1) is 10.6. The molecule has 0 amide bonds. The molecule has 4 heteroatoms. The van der Waals surface area contributed by atoms with Crippen LogP contribution in [0.5, 0.6) is 0 Å². The van der Waals surface area contributed by atoms with Crippen LogP contribution in [0.3, 0.4) is 0 Å². The molecule has 58 valence electrons. The molecule has 0 N–H and O–H groups in total. The lowest BCUT2D eigenvalue weighted by atomic mass is 10.4. The van der Waals surface area contributed by atoms with Crippen LogP contribution in [0, 0.1) is 0 Å². The number of hydrogen-bond acceptors (Lipinski definition) is 0. The molecule has 0 bridgehead atoms. The molecule has 1 unspecified atom stereocenters. The van der Waals surface area contributed by atoms with Gasteiger partial charge in [-0.3, -0.25) is 0 Å². The van der Waals surface area contributed by atoms with Gasteiger partial charge in [-0.2, -0.15) is 0 Å². The third-order valence-corrected chi connectivity index (χ3v) is 2.28. The van der Waals surface area contributed by atoms with Gasteiger partial charge in [0.15, 0.2) is 0 Å². The Kier molecular flexibility index (Phi) is 5.65. The molecular formula is C6H6Cl4. The third-order valence-electron chi connectivity index (χ3n) is 0.784. The zero-order chi connectivity index (χ0) is 8.15. The lowest BCUT2D eigenvalue weighted by Gasteiger charge is -2.00. The Hall–Kier alpha value is 0.640. The number of halogens is 4. The maximum Gasteiger partial charge on any atom is 0.123 e. The molecule has 0 saturated heterocycles. The quantitative estimate of drug-likeness (QED) is 0.486. The summed E-state index contributed by atoms with van der Waals surface area (Å²) in [5.41, 5.74) is 0. The molecule has 0 nitrogen and oxygen atoms in total. The molecule has 0 rings (SSSR count). The van der Waals surface area contributed by atoms with Crippen molar-refractivity contribution in [2.75, 3.05) is 0 Å². The summed E-state index contributed by atoms with van der Waals surface area (Å²) in [6.07, 6.45) is 3.46. The van der Waals surface area contributed by atoms with Crippen molar-refractivity contribution in [2.24, 2.45) is 0 Å². The highest BCUT2D eigenvalue weighted by molar-refractivity contribution is 6.60. The van der Waals surface area contributed by atoms with Crippen molar-refractivity contribution in [3.8, 4) is 0 Å². The average Bonchev–Trinajstić information content (AvgIpc) is 1.87. The van der Waals surface area contributed by atoms with Crippen molar-refractivity contribution in [1.82, 2.24) is 0 Å². The van der Waals surface area contributed by atoms with Crippen LogP contribution < -0.4 is 0 Å². The Morgan fingerprint density at radius 2 is 1.80 bits per heavy atom. The van der Waals surface area contributed by atoms with Gasteiger partial charge < -0.3 is 0 Å². The molecular weight excluding hydrogens is 214 g/mol. The third kappa shape index (κ3) is 3.72. The van der Waals surface area contributed by atoms with Crippen LogP contribution in [0.4, 0.5) is 0 Å². The fourth-order valence-corrected chi connectivity index (χ4v) is 1.03. The number of allylic oxidation sites excluding steroid dienone is 3. The van der Waals surface area contributed by atoms with Crippen LogP contribution in [0.15, 0.2) is 21.7 Å². The standard InChI is InChI=1S/C6H6Cl4/c1-2-3-4(7)5(8)6(9)10/h2-4H,1H3. The first-order chi connectivity index (χ1) is 4.59. The highest BCUT2D eigenvalue weighted by atomic mass is 35.5. The summed E-state index contributed by atoms with van der Waals surface area (Å²) in [7, 11) is 0. The van der Waals surface area contributed by atoms with Gasteiger partial charge in [0, 0.05) is 0 Å². The molecule has 0 aliphatic rings. The van der Waals surface area contributed by atoms with Crippen molar-refractivity contribution >= 4 is 46.4 Å². The molecule has 0 saturated carbocycles. The number of alkyl halides is 1. The summed E-state index contributed by atoms with van der Waals surface area (Å²) in [6.45, 7) is 1.84. The maximum absolute atomic E-state index is 5.68. The van der Waals surface area contributed by atoms with E-state index in [1.54, 1.807) is 12.2 Å². The van der Waals surface area contributed by atoms with E-state index in [1.165, 1.54) is 0 Å². The second kappa shape index (κ2) is 5.31. The van der Waals surface area contributed by atoms with Gasteiger partial charge in [-0.05, 0) is 6.92 Å². The summed E-state index contributed by atoms with van der Waals surface area (Å²) >= 11 is 22.0. The largest absolute Gasteiger partial charge is 0.123 e. The van der Waals surface area contributed by atoms with Gasteiger partial charge in [0.25, 0.3) is 0 Å². The molecule has 0 aromatic rings. The molecule has 0 aromatic carbocycles. The topological polar surface area (TPSA) is 0 Å². The van der Waals surface area contributed by atoms with Crippen molar-refractivity contribution in [3.63, 3.8) is 0 Å². The van der Waals surface area contributed by atoms with Gasteiger partial charge in [0.2, 0.25) is 0 Å². The highest BCUT2D eigenvalue weighted by Crippen LogP contribution is 2.24. The predicted octanol–water partition coefficient (Wildman–Crippen LogP) is 4.06. The zero-order valence-corrected chi connectivity index (χ0v) is 8.27. The van der Waals surface area contributed by atoms with E-state index in [0.717, 1.165) is 0 Å². The molecule has 0 aliphatic carbocycles. The summed E-state index contributed by atoms with van der Waals surface area (Å²) in [6, 6.07) is 0. The Bertz CT molecular complexity index is 155. The summed E-state index contributed by atoms with van der Waals surface area (Å²) in [5, 5.41) is -0.167. The monoisotopic (exact) mass is 218 g/mol. The number of rotatable bonds is 2. The van der Waals surface area contributed by atoms with Gasteiger partial charge in [-0.25, -0.2) is 0 Å². The van der Waals surface area contributed by atoms with E-state index in [-0.39, 0.29) is 9.52 Å². The van der Waals surface area contributed by atoms with Gasteiger partial charge in [-0.1, -0.05) is 47.0 Å². The van der Waals surface area contributed by atoms with E-state index in [9.17, 15) is 0 Å². The molecule has 0 spiro atoms. The van der Waals surface area contributed by atoms with Gasteiger partial charge in [-0.15, -0.1) is 11.6 Å². The minimum Gasteiger partial charge on any atom is -0.112 e. The summed E-state index contributed by atoms with van der Waals surface area (Å²) < 4.78 is 0.0137. The number of hydrogen-bond donors (Lipinski definition) is 0. The summed E-state index contributed by atoms with van der Waals surface area (Å²) in [5.74, 6) is 0. The Balaban J connectivity index is 4.21. The van der Waals surface area contributed by atoms with Gasteiger partial charge >= 0.3 is 0 Å². The molecule has 1 atom stereocenters. The minimum atomic E-state index is -0.420. The fraction of sp³-hybridized carbons (Fsp3) is 0.333. The van der Waals surface area contributed by atoms with E-state index in [4.69, 9.17) is 46.4 Å². The molecule has 0 aliphatic heterocycles. The Morgan fingerprint density at radius 3 is 2.10 bits per heavy atom. The van der Waals surface area contributed by atoms with Crippen LogP contribution in [-0.4, -0.2) is 5.38 Å². The van der Waals surface area contributed by atoms with Crippen LogP contribution in [0.1, 0.15) is 6.92 Å². The average molecular weight is 220 g/mol. The van der Waals surface area contributed by atoms with Crippen LogP contribution in [-0.2, 0) is 0 Å². The smallest absolute Gasteiger partial charge is 0.112 e. The molecule has 0 fully saturated rings. The lowest BCUT2D eigenvalue weighted by Crippen LogP contribution is -1.92. The van der Waals surface area contributed by atoms with Gasteiger partial charge in [0.1, 0.15) is 4.49 Å². The fourth-order valence-electron chi connectivity index (χ4n) is 0.358. The first-order valence-corrected chi connectivity index (χ1v) is 4.14. The molecule has 10 heavy (non-hydrogen) atoms. The SMILES string of the molecule is CC=CC(Cl)C(Cl)=C(Cl)Cl. The van der Waals surface area contributed by atoms with Crippen molar-refractivity contribution in [2.45, 2.75) is 12.3 Å². The van der Waals surface area contributed by atoms with Crippen molar-refractivity contribution in [3.05, 3.63) is 21.7 Å². The van der Waals surface area contributed by atoms with Crippen LogP contribution in [0.25, 0.3) is 0 Å². The van der Waals surface area contributed by atoms with E-state index < -0.39 is 5.38 Å². The maximum atomic E-state index is 5.68. The molecule has 0 radical (unpaired) electrons. The Labute approximate surface area is 80.4 Å². The van der Waals surface area contributed by atoms with E-state index in [2.05, 4.69) is 0 Å². The minimum absolute atomic E-state index is 0.0137. The van der Waals surface area contributed by atoms with Crippen LogP contribution >= 0.6 is 46.4 Å². The van der Waals surface area contributed by atoms with E-state index in [1.807, 2.05) is 6.92 Å². The second-order valence-corrected chi connectivity index (χ2v) is 3.36. The highest BCUT2D eigenvalue weighted by Gasteiger charge is 2.07. The first-order valence-electron chi connectivity index (χ1n) is 2.57.